The van der Waals surface area contributed by atoms with E-state index in [4.69, 9.17) is 9.57 Å². The van der Waals surface area contributed by atoms with E-state index in [1.54, 1.807) is 24.4 Å². The van der Waals surface area contributed by atoms with E-state index in [0.29, 0.717) is 12.4 Å². The monoisotopic (exact) mass is 408 g/mol. The number of hydrogen-bond donors (Lipinski definition) is 0. The number of rotatable bonds is 8. The van der Waals surface area contributed by atoms with Crippen molar-refractivity contribution in [3.63, 3.8) is 0 Å². The maximum atomic E-state index is 12.9. The average molecular weight is 408 g/mol. The smallest absolute Gasteiger partial charge is 0.286 e. The molecule has 1 aliphatic heterocycles. The molecule has 0 aliphatic carbocycles. The topological polar surface area (TPSA) is 43.7 Å². The summed E-state index contributed by atoms with van der Waals surface area (Å²) in [5.41, 5.74) is 2.81. The van der Waals surface area contributed by atoms with Crippen molar-refractivity contribution >= 4 is 0 Å². The number of hydrogen-bond acceptors (Lipinski definition) is 4. The van der Waals surface area contributed by atoms with E-state index in [0.717, 1.165) is 17.7 Å². The van der Waals surface area contributed by atoms with Crippen LogP contribution in [0.3, 0.4) is 0 Å². The highest BCUT2D eigenvalue weighted by molar-refractivity contribution is 5.23. The minimum absolute atomic E-state index is 0.258. The van der Waals surface area contributed by atoms with Crippen molar-refractivity contribution in [3.05, 3.63) is 99.7 Å². The van der Waals surface area contributed by atoms with Crippen LogP contribution in [0.15, 0.2) is 71.7 Å². The van der Waals surface area contributed by atoms with Crippen molar-refractivity contribution in [2.24, 2.45) is 0 Å². The van der Waals surface area contributed by atoms with Crippen molar-refractivity contribution < 1.29 is 14.0 Å². The van der Waals surface area contributed by atoms with E-state index in [2.05, 4.69) is 17.0 Å². The maximum Gasteiger partial charge on any atom is 0.286 e. The normalized spacial score (nSPS) is 14.0. The third-order valence-electron chi connectivity index (χ3n) is 5.17. The average Bonchev–Trinajstić information content (AvgIpc) is 3.27. The Morgan fingerprint density at radius 1 is 0.833 bits per heavy atom. The Balaban J connectivity index is 1.29. The number of nitrogens with zero attached hydrogens (tertiary/aromatic N) is 2. The minimum Gasteiger partial charge on any atom is -0.489 e. The van der Waals surface area contributed by atoms with Crippen molar-refractivity contribution in [1.82, 2.24) is 9.63 Å². The minimum atomic E-state index is -0.308. The second-order valence-corrected chi connectivity index (χ2v) is 7.51. The van der Waals surface area contributed by atoms with Crippen molar-refractivity contribution in [2.45, 2.75) is 32.6 Å². The molecule has 6 heteroatoms. The first-order chi connectivity index (χ1) is 14.7. The molecule has 0 unspecified atom stereocenters. The van der Waals surface area contributed by atoms with Gasteiger partial charge in [-0.25, -0.2) is 4.39 Å². The molecule has 1 saturated heterocycles. The lowest BCUT2D eigenvalue weighted by atomic mass is 10.1. The van der Waals surface area contributed by atoms with Crippen molar-refractivity contribution in [1.29, 1.82) is 0 Å². The Bertz CT molecular complexity index is 1010. The Hall–Kier alpha value is -3.12. The van der Waals surface area contributed by atoms with Crippen LogP contribution in [0.1, 0.15) is 29.5 Å². The maximum absolute atomic E-state index is 12.9. The Morgan fingerprint density at radius 2 is 1.47 bits per heavy atom. The van der Waals surface area contributed by atoms with E-state index >= 15 is 0 Å². The van der Waals surface area contributed by atoms with E-state index in [9.17, 15) is 9.18 Å². The molecule has 0 amide bonds. The van der Waals surface area contributed by atoms with Crippen LogP contribution >= 0.6 is 0 Å². The zero-order valence-corrected chi connectivity index (χ0v) is 16.8. The van der Waals surface area contributed by atoms with Crippen molar-refractivity contribution in [2.75, 3.05) is 13.1 Å². The van der Waals surface area contributed by atoms with E-state index < -0.39 is 0 Å². The number of pyridine rings is 1. The molecule has 0 saturated carbocycles. The predicted molar refractivity (Wildman–Crippen MR) is 113 cm³/mol. The molecule has 4 rings (SSSR count). The molecule has 0 spiro atoms. The molecule has 2 aromatic carbocycles. The zero-order valence-electron chi connectivity index (χ0n) is 16.8. The molecule has 3 aromatic rings. The van der Waals surface area contributed by atoms with Crippen LogP contribution < -0.4 is 15.1 Å². The number of benzene rings is 2. The van der Waals surface area contributed by atoms with Gasteiger partial charge in [0, 0.05) is 18.7 Å². The molecule has 156 valence electrons. The Kier molecular flexibility index (Phi) is 6.44. The van der Waals surface area contributed by atoms with Crippen molar-refractivity contribution in [3.8, 4) is 5.75 Å². The molecule has 0 bridgehead atoms. The summed E-state index contributed by atoms with van der Waals surface area (Å²) in [6.45, 7) is 3.91. The summed E-state index contributed by atoms with van der Waals surface area (Å²) in [5, 5.41) is 0. The third-order valence-corrected chi connectivity index (χ3v) is 5.17. The third kappa shape index (κ3) is 5.48. The Morgan fingerprint density at radius 3 is 2.17 bits per heavy atom. The van der Waals surface area contributed by atoms with Crippen LogP contribution in [0.2, 0.25) is 0 Å². The van der Waals surface area contributed by atoms with Gasteiger partial charge in [-0.05, 0) is 54.8 Å². The molecule has 1 fully saturated rings. The highest BCUT2D eigenvalue weighted by Gasteiger charge is 2.11. The molecular weight excluding hydrogens is 383 g/mol. The van der Waals surface area contributed by atoms with Gasteiger partial charge < -0.3 is 9.57 Å². The van der Waals surface area contributed by atoms with Gasteiger partial charge in [-0.1, -0.05) is 36.4 Å². The molecule has 1 aliphatic rings. The quantitative estimate of drug-likeness (QED) is 0.569. The van der Waals surface area contributed by atoms with Gasteiger partial charge in [0.05, 0.1) is 6.20 Å². The van der Waals surface area contributed by atoms with Gasteiger partial charge in [-0.2, -0.15) is 4.73 Å². The van der Waals surface area contributed by atoms with Crippen LogP contribution in [0.5, 0.6) is 5.75 Å². The standard InChI is InChI=1S/C24H25FN2O3/c25-22-9-7-20(8-10-22)17-29-23-11-14-27(24(28)15-23)30-18-21-5-3-19(4-6-21)16-26-12-1-2-13-26/h3-11,14-15H,1-2,12-13,16-18H2. The lowest BCUT2D eigenvalue weighted by molar-refractivity contribution is 0.0884. The highest BCUT2D eigenvalue weighted by atomic mass is 19.1. The molecule has 5 nitrogen and oxygen atoms in total. The van der Waals surface area contributed by atoms with Gasteiger partial charge in [-0.3, -0.25) is 9.69 Å². The van der Waals surface area contributed by atoms with Gasteiger partial charge in [-0.15, -0.1) is 0 Å². The zero-order chi connectivity index (χ0) is 20.8. The SMILES string of the molecule is O=c1cc(OCc2ccc(F)cc2)ccn1OCc1ccc(CN2CCCC2)cc1. The first-order valence-electron chi connectivity index (χ1n) is 10.2. The van der Waals surface area contributed by atoms with Gasteiger partial charge in [0.2, 0.25) is 0 Å². The van der Waals surface area contributed by atoms with Gasteiger partial charge in [0.25, 0.3) is 5.56 Å². The lowest BCUT2D eigenvalue weighted by Gasteiger charge is -2.15. The first-order valence-corrected chi connectivity index (χ1v) is 10.2. The summed E-state index contributed by atoms with van der Waals surface area (Å²) in [5.74, 6) is 0.148. The van der Waals surface area contributed by atoms with Gasteiger partial charge in [0.15, 0.2) is 0 Å². The molecular formula is C24H25FN2O3. The van der Waals surface area contributed by atoms with E-state index in [1.165, 1.54) is 54.4 Å². The second kappa shape index (κ2) is 9.59. The first kappa shape index (κ1) is 20.2. The summed E-state index contributed by atoms with van der Waals surface area (Å²) >= 11 is 0. The van der Waals surface area contributed by atoms with E-state index in [1.807, 2.05) is 12.1 Å². The summed E-state index contributed by atoms with van der Waals surface area (Å²) in [7, 11) is 0. The van der Waals surface area contributed by atoms with Gasteiger partial charge >= 0.3 is 0 Å². The largest absolute Gasteiger partial charge is 0.489 e. The number of ether oxygens (including phenoxy) is 1. The summed E-state index contributed by atoms with van der Waals surface area (Å²) < 4.78 is 19.7. The molecule has 1 aromatic heterocycles. The summed E-state index contributed by atoms with van der Waals surface area (Å²) in [6.07, 6.45) is 4.12. The van der Waals surface area contributed by atoms with Crippen LogP contribution in [-0.4, -0.2) is 22.7 Å². The summed E-state index contributed by atoms with van der Waals surface area (Å²) in [4.78, 5) is 20.4. The predicted octanol–water partition coefficient (Wildman–Crippen LogP) is 3.79. The molecule has 30 heavy (non-hydrogen) atoms. The van der Waals surface area contributed by atoms with Crippen LogP contribution in [-0.2, 0) is 19.8 Å². The van der Waals surface area contributed by atoms with Crippen LogP contribution in [0.25, 0.3) is 0 Å². The fourth-order valence-corrected chi connectivity index (χ4v) is 3.48. The number of likely N-dealkylation sites (tertiary alicyclic amines) is 1. The van der Waals surface area contributed by atoms with E-state index in [-0.39, 0.29) is 18.0 Å². The number of aromatic nitrogens is 1. The molecule has 0 atom stereocenters. The van der Waals surface area contributed by atoms with Gasteiger partial charge in [0.1, 0.15) is 24.8 Å². The molecule has 0 radical (unpaired) electrons. The van der Waals surface area contributed by atoms with Crippen LogP contribution in [0.4, 0.5) is 4.39 Å². The van der Waals surface area contributed by atoms with Crippen LogP contribution in [0, 0.1) is 5.82 Å². The second-order valence-electron chi connectivity index (χ2n) is 7.51. The highest BCUT2D eigenvalue weighted by Crippen LogP contribution is 2.14. The summed E-state index contributed by atoms with van der Waals surface area (Å²) in [6, 6.07) is 17.4. The molecule has 0 N–H and O–H groups in total. The number of halogens is 1. The fourth-order valence-electron chi connectivity index (χ4n) is 3.48. The Labute approximate surface area is 175 Å². The lowest BCUT2D eigenvalue weighted by Crippen LogP contribution is -2.25. The molecule has 2 heterocycles. The fraction of sp³-hybridized carbons (Fsp3) is 0.292.